The van der Waals surface area contributed by atoms with Crippen LogP contribution in [-0.4, -0.2) is 18.6 Å². The SMILES string of the molecule is N#CC(C(=O)SNc1ccc(S(N)(=O)=O)cc1)=C(O)C1CC1. The third-order valence-electron chi connectivity index (χ3n) is 2.98. The Morgan fingerprint density at radius 3 is 2.41 bits per heavy atom. The van der Waals surface area contributed by atoms with Crippen molar-refractivity contribution in [1.29, 1.82) is 5.26 Å². The van der Waals surface area contributed by atoms with Gasteiger partial charge in [-0.1, -0.05) is 0 Å². The molecule has 0 radical (unpaired) electrons. The molecule has 116 valence electrons. The van der Waals surface area contributed by atoms with Crippen LogP contribution in [-0.2, 0) is 14.8 Å². The van der Waals surface area contributed by atoms with Gasteiger partial charge < -0.3 is 9.83 Å². The molecule has 0 spiro atoms. The van der Waals surface area contributed by atoms with Crippen molar-refractivity contribution >= 4 is 32.8 Å². The van der Waals surface area contributed by atoms with Crippen LogP contribution in [0.4, 0.5) is 5.69 Å². The molecule has 0 amide bonds. The van der Waals surface area contributed by atoms with Crippen molar-refractivity contribution in [3.8, 4) is 6.07 Å². The van der Waals surface area contributed by atoms with Gasteiger partial charge in [-0.05, 0) is 37.1 Å². The fraction of sp³-hybridized carbons (Fsp3) is 0.231. The Labute approximate surface area is 132 Å². The zero-order valence-corrected chi connectivity index (χ0v) is 12.9. The number of benzene rings is 1. The van der Waals surface area contributed by atoms with E-state index in [0.717, 1.165) is 12.8 Å². The van der Waals surface area contributed by atoms with Gasteiger partial charge in [-0.15, -0.1) is 0 Å². The number of carbonyl (C=O) groups is 1. The quantitative estimate of drug-likeness (QED) is 0.321. The van der Waals surface area contributed by atoms with E-state index in [2.05, 4.69) is 4.72 Å². The molecule has 0 atom stereocenters. The van der Waals surface area contributed by atoms with Gasteiger partial charge in [-0.25, -0.2) is 13.6 Å². The van der Waals surface area contributed by atoms with Crippen LogP contribution in [0, 0.1) is 17.2 Å². The normalized spacial score (nSPS) is 15.6. The Bertz CT molecular complexity index is 759. The molecule has 1 aliphatic rings. The number of nitrogens with two attached hydrogens (primary N) is 1. The van der Waals surface area contributed by atoms with Crippen LogP contribution >= 0.6 is 11.9 Å². The summed E-state index contributed by atoms with van der Waals surface area (Å²) in [6, 6.07) is 7.19. The van der Waals surface area contributed by atoms with E-state index < -0.39 is 15.1 Å². The van der Waals surface area contributed by atoms with Crippen LogP contribution in [0.5, 0.6) is 0 Å². The first-order valence-electron chi connectivity index (χ1n) is 6.26. The Kier molecular flexibility index (Phi) is 4.75. The topological polar surface area (TPSA) is 133 Å². The Hall–Kier alpha value is -2.02. The van der Waals surface area contributed by atoms with E-state index in [4.69, 9.17) is 10.4 Å². The maximum Gasteiger partial charge on any atom is 0.253 e. The van der Waals surface area contributed by atoms with Gasteiger partial charge in [0.05, 0.1) is 4.90 Å². The van der Waals surface area contributed by atoms with Crippen LogP contribution < -0.4 is 9.86 Å². The van der Waals surface area contributed by atoms with Crippen molar-refractivity contribution in [2.45, 2.75) is 17.7 Å². The first kappa shape index (κ1) is 16.4. The van der Waals surface area contributed by atoms with Crippen LogP contribution in [0.2, 0.25) is 0 Å². The molecule has 1 aromatic carbocycles. The van der Waals surface area contributed by atoms with E-state index in [1.165, 1.54) is 24.3 Å². The predicted molar refractivity (Wildman–Crippen MR) is 82.0 cm³/mol. The van der Waals surface area contributed by atoms with Gasteiger partial charge in [0.1, 0.15) is 17.4 Å². The zero-order chi connectivity index (χ0) is 16.3. The lowest BCUT2D eigenvalue weighted by atomic mass is 10.2. The molecule has 1 saturated carbocycles. The minimum absolute atomic E-state index is 0.0432. The highest BCUT2D eigenvalue weighted by molar-refractivity contribution is 8.15. The molecule has 22 heavy (non-hydrogen) atoms. The lowest BCUT2D eigenvalue weighted by Gasteiger charge is -2.06. The zero-order valence-electron chi connectivity index (χ0n) is 11.3. The van der Waals surface area contributed by atoms with Gasteiger partial charge in [0, 0.05) is 23.6 Å². The van der Waals surface area contributed by atoms with Gasteiger partial charge in [0.15, 0.2) is 0 Å². The van der Waals surface area contributed by atoms with E-state index >= 15 is 0 Å². The number of nitrogens with one attached hydrogen (secondary N) is 1. The van der Waals surface area contributed by atoms with Crippen molar-refractivity contribution in [3.63, 3.8) is 0 Å². The summed E-state index contributed by atoms with van der Waals surface area (Å²) in [5, 5.41) is 23.1. The summed E-state index contributed by atoms with van der Waals surface area (Å²) >= 11 is 0.639. The molecule has 0 aliphatic heterocycles. The average molecular weight is 339 g/mol. The maximum atomic E-state index is 11.9. The van der Waals surface area contributed by atoms with E-state index in [-0.39, 0.29) is 22.1 Å². The van der Waals surface area contributed by atoms with E-state index in [9.17, 15) is 18.3 Å². The van der Waals surface area contributed by atoms with Crippen LogP contribution in [0.25, 0.3) is 0 Å². The number of carbonyl (C=O) groups excluding carboxylic acids is 1. The highest BCUT2D eigenvalue weighted by Gasteiger charge is 2.31. The van der Waals surface area contributed by atoms with Crippen LogP contribution in [0.1, 0.15) is 12.8 Å². The first-order valence-corrected chi connectivity index (χ1v) is 8.62. The lowest BCUT2D eigenvalue weighted by molar-refractivity contribution is -0.107. The summed E-state index contributed by atoms with van der Waals surface area (Å²) in [7, 11) is -3.77. The van der Waals surface area contributed by atoms with Gasteiger partial charge in [-0.3, -0.25) is 4.79 Å². The van der Waals surface area contributed by atoms with Gasteiger partial charge in [0.25, 0.3) is 5.12 Å². The fourth-order valence-corrected chi connectivity index (χ4v) is 2.75. The number of aliphatic hydroxyl groups is 1. The summed E-state index contributed by atoms with van der Waals surface area (Å²) in [6.07, 6.45) is 1.55. The number of sulfonamides is 1. The Balaban J connectivity index is 2.02. The molecule has 1 aliphatic carbocycles. The average Bonchev–Trinajstić information content (AvgIpc) is 3.30. The minimum Gasteiger partial charge on any atom is -0.510 e. The van der Waals surface area contributed by atoms with Gasteiger partial charge in [0.2, 0.25) is 10.0 Å². The summed E-state index contributed by atoms with van der Waals surface area (Å²) in [6.45, 7) is 0. The van der Waals surface area contributed by atoms with Gasteiger partial charge in [-0.2, -0.15) is 5.26 Å². The number of hydrogen-bond acceptors (Lipinski definition) is 7. The summed E-state index contributed by atoms with van der Waals surface area (Å²) < 4.78 is 24.9. The number of aliphatic hydroxyl groups excluding tert-OH is 1. The van der Waals surface area contributed by atoms with Crippen molar-refractivity contribution in [3.05, 3.63) is 35.6 Å². The fourth-order valence-electron chi connectivity index (χ4n) is 1.64. The summed E-state index contributed by atoms with van der Waals surface area (Å²) in [4.78, 5) is 11.8. The molecule has 0 unspecified atom stereocenters. The van der Waals surface area contributed by atoms with Crippen molar-refractivity contribution in [2.75, 3.05) is 4.72 Å². The molecule has 4 N–H and O–H groups in total. The van der Waals surface area contributed by atoms with E-state index in [1.807, 2.05) is 0 Å². The molecule has 0 heterocycles. The maximum absolute atomic E-state index is 11.9. The molecule has 2 rings (SSSR count). The first-order chi connectivity index (χ1) is 10.3. The predicted octanol–water partition coefficient (Wildman–Crippen LogP) is 1.67. The van der Waals surface area contributed by atoms with Crippen LogP contribution in [0.3, 0.4) is 0 Å². The molecule has 1 aromatic rings. The van der Waals surface area contributed by atoms with E-state index in [0.29, 0.717) is 17.6 Å². The Morgan fingerprint density at radius 2 is 1.95 bits per heavy atom. The van der Waals surface area contributed by atoms with Crippen molar-refractivity contribution in [2.24, 2.45) is 11.1 Å². The standard InChI is InChI=1S/C13H13N3O4S2/c14-7-11(12(17)8-1-2-8)13(18)21-16-9-3-5-10(6-4-9)22(15,19)20/h3-6,8,16-17H,1-2H2,(H2,15,19,20). The smallest absolute Gasteiger partial charge is 0.253 e. The molecule has 7 nitrogen and oxygen atoms in total. The number of primary sulfonamides is 1. The van der Waals surface area contributed by atoms with Gasteiger partial charge >= 0.3 is 0 Å². The van der Waals surface area contributed by atoms with E-state index in [1.54, 1.807) is 6.07 Å². The number of nitriles is 1. The van der Waals surface area contributed by atoms with Crippen molar-refractivity contribution < 1.29 is 18.3 Å². The molecule has 9 heteroatoms. The molecule has 0 saturated heterocycles. The number of rotatable bonds is 5. The number of allylic oxidation sites excluding steroid dienone is 1. The Morgan fingerprint density at radius 1 is 1.36 bits per heavy atom. The second-order valence-corrected chi connectivity index (χ2v) is 7.05. The molecular weight excluding hydrogens is 326 g/mol. The molecular formula is C13H13N3O4S2. The second-order valence-electron chi connectivity index (χ2n) is 4.71. The third-order valence-corrected chi connectivity index (χ3v) is 4.64. The van der Waals surface area contributed by atoms with Crippen LogP contribution in [0.15, 0.2) is 40.5 Å². The highest BCUT2D eigenvalue weighted by atomic mass is 32.2. The molecule has 0 aromatic heterocycles. The molecule has 0 bridgehead atoms. The number of nitrogens with zero attached hydrogens (tertiary/aromatic N) is 1. The summed E-state index contributed by atoms with van der Waals surface area (Å²) in [5.41, 5.74) is 0.204. The highest BCUT2D eigenvalue weighted by Crippen LogP contribution is 2.37. The summed E-state index contributed by atoms with van der Waals surface area (Å²) in [5.74, 6) is -0.250. The number of hydrogen-bond donors (Lipinski definition) is 3. The lowest BCUT2D eigenvalue weighted by Crippen LogP contribution is -2.11. The second kappa shape index (κ2) is 6.39. The minimum atomic E-state index is -3.77. The van der Waals surface area contributed by atoms with Crippen molar-refractivity contribution in [1.82, 2.24) is 0 Å². The monoisotopic (exact) mass is 339 g/mol. The largest absolute Gasteiger partial charge is 0.510 e. The number of anilines is 1. The molecule has 1 fully saturated rings. The third kappa shape index (κ3) is 4.00.